The van der Waals surface area contributed by atoms with Crippen LogP contribution in [0.2, 0.25) is 0 Å². The number of carbonyl (C=O) groups is 1. The lowest BCUT2D eigenvalue weighted by Crippen LogP contribution is -2.24. The predicted octanol–water partition coefficient (Wildman–Crippen LogP) is 2.28. The molecule has 142 valence electrons. The number of aromatic amines is 1. The maximum atomic E-state index is 12.9. The highest BCUT2D eigenvalue weighted by Gasteiger charge is 2.29. The van der Waals surface area contributed by atoms with Crippen LogP contribution in [0, 0.1) is 16.0 Å². The molecular weight excluding hydrogens is 350 g/mol. The molecule has 0 saturated heterocycles. The predicted molar refractivity (Wildman–Crippen MR) is 100 cm³/mol. The molecule has 1 fully saturated rings. The number of aromatic nitrogens is 2. The van der Waals surface area contributed by atoms with Crippen molar-refractivity contribution in [3.8, 4) is 5.69 Å². The summed E-state index contributed by atoms with van der Waals surface area (Å²) in [4.78, 5) is 35.0. The Morgan fingerprint density at radius 2 is 2.04 bits per heavy atom. The van der Waals surface area contributed by atoms with Gasteiger partial charge in [-0.15, -0.1) is 0 Å². The fraction of sp³-hybridized carbons (Fsp3) is 0.389. The number of carbonyl (C=O) groups excluding carboxylic acids is 1. The van der Waals surface area contributed by atoms with Crippen molar-refractivity contribution in [2.24, 2.45) is 11.0 Å². The number of H-pyrrole nitrogens is 1. The summed E-state index contributed by atoms with van der Waals surface area (Å²) < 4.78 is 1.34. The number of rotatable bonds is 7. The van der Waals surface area contributed by atoms with Crippen LogP contribution in [-0.4, -0.2) is 26.3 Å². The zero-order chi connectivity index (χ0) is 19.6. The third kappa shape index (κ3) is 3.97. The Morgan fingerprint density at radius 1 is 1.37 bits per heavy atom. The van der Waals surface area contributed by atoms with Crippen LogP contribution >= 0.6 is 0 Å². The van der Waals surface area contributed by atoms with Crippen molar-refractivity contribution < 1.29 is 9.72 Å². The minimum Gasteiger partial charge on any atom is -0.294 e. The molecule has 1 aliphatic carbocycles. The third-order valence-electron chi connectivity index (χ3n) is 4.43. The van der Waals surface area contributed by atoms with Crippen LogP contribution in [0.15, 0.2) is 34.2 Å². The van der Waals surface area contributed by atoms with E-state index in [0.29, 0.717) is 29.1 Å². The maximum absolute atomic E-state index is 12.9. The first-order valence-electron chi connectivity index (χ1n) is 8.85. The first-order valence-corrected chi connectivity index (χ1v) is 8.85. The van der Waals surface area contributed by atoms with Crippen LogP contribution in [0.4, 0.5) is 5.69 Å². The van der Waals surface area contributed by atoms with Crippen molar-refractivity contribution in [2.45, 2.75) is 39.5 Å². The average molecular weight is 371 g/mol. The van der Waals surface area contributed by atoms with Gasteiger partial charge < -0.3 is 0 Å². The number of hydrazone groups is 1. The fourth-order valence-electron chi connectivity index (χ4n) is 2.82. The number of non-ortho nitro benzene ring substituents is 1. The summed E-state index contributed by atoms with van der Waals surface area (Å²) in [5.74, 6) is -0.0997. The van der Waals surface area contributed by atoms with Crippen LogP contribution in [0.3, 0.4) is 0 Å². The van der Waals surface area contributed by atoms with Gasteiger partial charge in [0.2, 0.25) is 5.91 Å². The number of amides is 1. The monoisotopic (exact) mass is 371 g/mol. The normalized spacial score (nSPS) is 14.2. The van der Waals surface area contributed by atoms with Crippen molar-refractivity contribution >= 4 is 17.3 Å². The molecule has 0 atom stereocenters. The van der Waals surface area contributed by atoms with Gasteiger partial charge in [0.1, 0.15) is 0 Å². The van der Waals surface area contributed by atoms with Crippen LogP contribution in [-0.2, 0) is 11.2 Å². The summed E-state index contributed by atoms with van der Waals surface area (Å²) in [5, 5.41) is 18.0. The van der Waals surface area contributed by atoms with Gasteiger partial charge in [-0.3, -0.25) is 24.8 Å². The molecule has 1 aliphatic rings. The van der Waals surface area contributed by atoms with Gasteiger partial charge in [-0.1, -0.05) is 13.3 Å². The fourth-order valence-corrected chi connectivity index (χ4v) is 2.82. The summed E-state index contributed by atoms with van der Waals surface area (Å²) in [6.07, 6.45) is 3.19. The number of nitro benzene ring substituents is 1. The van der Waals surface area contributed by atoms with Crippen molar-refractivity contribution in [3.05, 3.63) is 56.0 Å². The van der Waals surface area contributed by atoms with E-state index in [2.05, 4.69) is 15.6 Å². The minimum absolute atomic E-state index is 0.0275. The second-order valence-electron chi connectivity index (χ2n) is 6.58. The Kier molecular flexibility index (Phi) is 5.20. The highest BCUT2D eigenvalue weighted by Crippen LogP contribution is 2.28. The van der Waals surface area contributed by atoms with Crippen LogP contribution in [0.1, 0.15) is 44.4 Å². The van der Waals surface area contributed by atoms with Gasteiger partial charge in [-0.25, -0.2) is 10.1 Å². The maximum Gasteiger partial charge on any atom is 0.280 e. The molecule has 3 rings (SSSR count). The molecule has 1 heterocycles. The SMILES string of the molecule is CCCc1[nH]n(-c2ccc([N+](=O)[O-])cc2)c(=O)c1C(C)=NNC(=O)C1CC1. The van der Waals surface area contributed by atoms with Crippen LogP contribution < -0.4 is 11.0 Å². The highest BCUT2D eigenvalue weighted by atomic mass is 16.6. The molecule has 1 aromatic heterocycles. The van der Waals surface area contributed by atoms with Gasteiger partial charge >= 0.3 is 0 Å². The van der Waals surface area contributed by atoms with E-state index in [1.807, 2.05) is 6.92 Å². The second kappa shape index (κ2) is 7.56. The summed E-state index contributed by atoms with van der Waals surface area (Å²) in [6, 6.07) is 5.71. The van der Waals surface area contributed by atoms with Gasteiger partial charge in [0.25, 0.3) is 11.2 Å². The number of nitrogens with one attached hydrogen (secondary N) is 2. The molecule has 1 saturated carbocycles. The number of nitro groups is 1. The van der Waals surface area contributed by atoms with Crippen molar-refractivity contribution in [1.82, 2.24) is 15.2 Å². The van der Waals surface area contributed by atoms with Gasteiger partial charge in [-0.05, 0) is 38.3 Å². The molecule has 2 N–H and O–H groups in total. The highest BCUT2D eigenvalue weighted by molar-refractivity contribution is 6.00. The number of benzene rings is 1. The Hall–Kier alpha value is -3.23. The van der Waals surface area contributed by atoms with E-state index < -0.39 is 4.92 Å². The molecule has 0 unspecified atom stereocenters. The van der Waals surface area contributed by atoms with E-state index in [0.717, 1.165) is 19.3 Å². The van der Waals surface area contributed by atoms with E-state index in [1.54, 1.807) is 6.92 Å². The standard InChI is InChI=1S/C18H21N5O4/c1-3-4-15-16(11(2)19-20-17(24)12-5-6-12)18(25)22(21-15)13-7-9-14(10-8-13)23(26)27/h7-10,12,21H,3-6H2,1-2H3,(H,20,24). The quantitative estimate of drug-likeness (QED) is 0.440. The van der Waals surface area contributed by atoms with Crippen LogP contribution in [0.5, 0.6) is 0 Å². The number of aryl methyl sites for hydroxylation is 1. The van der Waals surface area contributed by atoms with E-state index in [1.165, 1.54) is 28.9 Å². The Balaban J connectivity index is 1.95. The van der Waals surface area contributed by atoms with Crippen molar-refractivity contribution in [1.29, 1.82) is 0 Å². The number of nitrogens with zero attached hydrogens (tertiary/aromatic N) is 3. The molecular formula is C18H21N5O4. The molecule has 0 spiro atoms. The Labute approximate surface area is 155 Å². The Morgan fingerprint density at radius 3 is 2.59 bits per heavy atom. The summed E-state index contributed by atoms with van der Waals surface area (Å²) in [7, 11) is 0. The average Bonchev–Trinajstić information content (AvgIpc) is 3.44. The topological polar surface area (TPSA) is 122 Å². The first-order chi connectivity index (χ1) is 12.9. The van der Waals surface area contributed by atoms with Crippen LogP contribution in [0.25, 0.3) is 5.69 Å². The summed E-state index contributed by atoms with van der Waals surface area (Å²) in [6.45, 7) is 3.67. The molecule has 0 radical (unpaired) electrons. The number of hydrogen-bond donors (Lipinski definition) is 2. The van der Waals surface area contributed by atoms with E-state index in [-0.39, 0.29) is 23.1 Å². The smallest absolute Gasteiger partial charge is 0.280 e. The Bertz CT molecular complexity index is 951. The lowest BCUT2D eigenvalue weighted by molar-refractivity contribution is -0.384. The van der Waals surface area contributed by atoms with Gasteiger partial charge in [0.05, 0.1) is 21.9 Å². The minimum atomic E-state index is -0.492. The molecule has 1 aromatic carbocycles. The largest absolute Gasteiger partial charge is 0.294 e. The molecule has 0 bridgehead atoms. The number of hydrogen-bond acceptors (Lipinski definition) is 5. The van der Waals surface area contributed by atoms with Gasteiger partial charge in [0.15, 0.2) is 0 Å². The van der Waals surface area contributed by atoms with Gasteiger partial charge in [0, 0.05) is 23.7 Å². The molecule has 27 heavy (non-hydrogen) atoms. The zero-order valence-electron chi connectivity index (χ0n) is 15.2. The lowest BCUT2D eigenvalue weighted by Gasteiger charge is -2.01. The second-order valence-corrected chi connectivity index (χ2v) is 6.58. The van der Waals surface area contributed by atoms with Gasteiger partial charge in [-0.2, -0.15) is 5.10 Å². The van der Waals surface area contributed by atoms with Crippen molar-refractivity contribution in [3.63, 3.8) is 0 Å². The zero-order valence-corrected chi connectivity index (χ0v) is 15.2. The molecule has 9 nitrogen and oxygen atoms in total. The molecule has 0 aliphatic heterocycles. The van der Waals surface area contributed by atoms with E-state index in [9.17, 15) is 19.7 Å². The third-order valence-corrected chi connectivity index (χ3v) is 4.43. The molecule has 1 amide bonds. The van der Waals surface area contributed by atoms with E-state index in [4.69, 9.17) is 0 Å². The molecule has 9 heteroatoms. The van der Waals surface area contributed by atoms with E-state index >= 15 is 0 Å². The first kappa shape index (κ1) is 18.6. The molecule has 2 aromatic rings. The summed E-state index contributed by atoms with van der Waals surface area (Å²) in [5.41, 5.74) is 4.20. The lowest BCUT2D eigenvalue weighted by atomic mass is 10.1. The summed E-state index contributed by atoms with van der Waals surface area (Å²) >= 11 is 0. The van der Waals surface area contributed by atoms with Crippen molar-refractivity contribution in [2.75, 3.05) is 0 Å².